The van der Waals surface area contributed by atoms with Gasteiger partial charge in [0.2, 0.25) is 0 Å². The number of amides is 1. The van der Waals surface area contributed by atoms with Crippen molar-refractivity contribution in [3.8, 4) is 0 Å². The lowest BCUT2D eigenvalue weighted by Crippen LogP contribution is -2.52. The first-order chi connectivity index (χ1) is 9.46. The Hall–Kier alpha value is -1.09. The number of rotatable bonds is 3. The molecule has 0 heterocycles. The molecule has 0 aromatic heterocycles. The van der Waals surface area contributed by atoms with Crippen molar-refractivity contribution >= 4 is 17.5 Å². The van der Waals surface area contributed by atoms with Gasteiger partial charge in [-0.3, -0.25) is 4.79 Å². The van der Waals surface area contributed by atoms with E-state index in [1.54, 1.807) is 6.07 Å². The molecule has 1 amide bonds. The minimum atomic E-state index is -0.391. The Morgan fingerprint density at radius 1 is 1.55 bits per heavy atom. The molecule has 0 spiro atoms. The smallest absolute Gasteiger partial charge is 0.252 e. The van der Waals surface area contributed by atoms with Crippen molar-refractivity contribution in [2.45, 2.75) is 45.1 Å². The summed E-state index contributed by atoms with van der Waals surface area (Å²) in [6, 6.07) is 4.28. The first kappa shape index (κ1) is 15.3. The Balaban J connectivity index is 2.19. The van der Waals surface area contributed by atoms with Crippen LogP contribution >= 0.6 is 11.6 Å². The molecule has 2 atom stereocenters. The summed E-state index contributed by atoms with van der Waals surface area (Å²) in [5.74, 6) is 0.336. The topological polar surface area (TPSA) is 29.1 Å². The Morgan fingerprint density at radius 2 is 2.30 bits per heavy atom. The summed E-state index contributed by atoms with van der Waals surface area (Å²) in [4.78, 5) is 12.4. The maximum absolute atomic E-state index is 13.3. The van der Waals surface area contributed by atoms with Crippen molar-refractivity contribution in [2.24, 2.45) is 5.92 Å². The molecule has 4 heteroatoms. The highest BCUT2D eigenvalue weighted by Crippen LogP contribution is 2.33. The van der Waals surface area contributed by atoms with Crippen LogP contribution in [-0.4, -0.2) is 17.3 Å². The fourth-order valence-electron chi connectivity index (χ4n) is 3.08. The van der Waals surface area contributed by atoms with Crippen LogP contribution in [0.5, 0.6) is 0 Å². The number of alkyl halides is 1. The van der Waals surface area contributed by atoms with Gasteiger partial charge in [-0.25, -0.2) is 4.39 Å². The summed E-state index contributed by atoms with van der Waals surface area (Å²) < 4.78 is 13.3. The largest absolute Gasteiger partial charge is 0.345 e. The van der Waals surface area contributed by atoms with Crippen molar-refractivity contribution in [1.29, 1.82) is 0 Å². The van der Waals surface area contributed by atoms with Gasteiger partial charge in [-0.15, -0.1) is 11.6 Å². The van der Waals surface area contributed by atoms with E-state index in [0.717, 1.165) is 24.8 Å². The standard InChI is InChI=1S/C16H21ClFNO/c1-11-4-3-7-16(9-11,10-17)19-15(20)14-8-13(18)6-5-12(14)2/h5-6,8,11H,3-4,7,9-10H2,1-2H3,(H,19,20). The van der Waals surface area contributed by atoms with Crippen LogP contribution in [0.1, 0.15) is 48.5 Å². The maximum atomic E-state index is 13.3. The maximum Gasteiger partial charge on any atom is 0.252 e. The Labute approximate surface area is 124 Å². The molecule has 0 bridgehead atoms. The van der Waals surface area contributed by atoms with Gasteiger partial charge in [-0.1, -0.05) is 25.8 Å². The highest BCUT2D eigenvalue weighted by atomic mass is 35.5. The number of hydrogen-bond acceptors (Lipinski definition) is 1. The Morgan fingerprint density at radius 3 is 2.95 bits per heavy atom. The zero-order valence-corrected chi connectivity index (χ0v) is 12.8. The van der Waals surface area contributed by atoms with Crippen LogP contribution in [-0.2, 0) is 0 Å². The zero-order valence-electron chi connectivity index (χ0n) is 12.0. The van der Waals surface area contributed by atoms with E-state index in [1.165, 1.54) is 18.6 Å². The molecular weight excluding hydrogens is 277 g/mol. The quantitative estimate of drug-likeness (QED) is 0.838. The van der Waals surface area contributed by atoms with Crippen LogP contribution in [0.15, 0.2) is 18.2 Å². The van der Waals surface area contributed by atoms with Crippen molar-refractivity contribution in [2.75, 3.05) is 5.88 Å². The number of nitrogens with one attached hydrogen (secondary N) is 1. The SMILES string of the molecule is Cc1ccc(F)cc1C(=O)NC1(CCl)CCCC(C)C1. The summed E-state index contributed by atoms with van der Waals surface area (Å²) in [6.07, 6.45) is 4.02. The average molecular weight is 298 g/mol. The van der Waals surface area contributed by atoms with Crippen molar-refractivity contribution < 1.29 is 9.18 Å². The lowest BCUT2D eigenvalue weighted by molar-refractivity contribution is 0.0866. The van der Waals surface area contributed by atoms with Crippen LogP contribution in [0.2, 0.25) is 0 Å². The second-order valence-electron chi connectivity index (χ2n) is 6.03. The third-order valence-electron chi connectivity index (χ3n) is 4.17. The summed E-state index contributed by atoms with van der Waals surface area (Å²) in [7, 11) is 0. The number of hydrogen-bond donors (Lipinski definition) is 1. The van der Waals surface area contributed by atoms with E-state index in [1.807, 2.05) is 6.92 Å². The van der Waals surface area contributed by atoms with Gasteiger partial charge >= 0.3 is 0 Å². The summed E-state index contributed by atoms with van der Waals surface area (Å²) in [5, 5.41) is 3.06. The predicted octanol–water partition coefficient (Wildman–Crippen LogP) is 4.05. The number of benzene rings is 1. The van der Waals surface area contributed by atoms with Crippen molar-refractivity contribution in [3.05, 3.63) is 35.1 Å². The molecule has 1 saturated carbocycles. The molecule has 20 heavy (non-hydrogen) atoms. The van der Waals surface area contributed by atoms with E-state index in [0.29, 0.717) is 17.4 Å². The third kappa shape index (κ3) is 3.32. The molecule has 1 fully saturated rings. The fourth-order valence-corrected chi connectivity index (χ4v) is 3.38. The van der Waals surface area contributed by atoms with E-state index < -0.39 is 5.82 Å². The lowest BCUT2D eigenvalue weighted by atomic mass is 9.77. The zero-order chi connectivity index (χ0) is 14.8. The van der Waals surface area contributed by atoms with Gasteiger partial charge in [0.05, 0.1) is 5.54 Å². The molecule has 1 aromatic carbocycles. The van der Waals surface area contributed by atoms with Crippen LogP contribution in [0.4, 0.5) is 4.39 Å². The van der Waals surface area contributed by atoms with E-state index >= 15 is 0 Å². The van der Waals surface area contributed by atoms with Gasteiger partial charge in [0.1, 0.15) is 5.82 Å². The molecule has 1 N–H and O–H groups in total. The average Bonchev–Trinajstić information content (AvgIpc) is 2.41. The van der Waals surface area contributed by atoms with Gasteiger partial charge in [0.15, 0.2) is 0 Å². The molecular formula is C16H21ClFNO. The first-order valence-corrected chi connectivity index (χ1v) is 7.64. The minimum Gasteiger partial charge on any atom is -0.345 e. The molecule has 0 aliphatic heterocycles. The molecule has 2 rings (SSSR count). The molecule has 2 unspecified atom stereocenters. The van der Waals surface area contributed by atoms with Gasteiger partial charge in [0, 0.05) is 11.4 Å². The summed E-state index contributed by atoms with van der Waals surface area (Å²) in [5.41, 5.74) is 0.819. The number of carbonyl (C=O) groups is 1. The van der Waals surface area contributed by atoms with E-state index in [-0.39, 0.29) is 11.4 Å². The van der Waals surface area contributed by atoms with Gasteiger partial charge in [-0.2, -0.15) is 0 Å². The normalized spacial score (nSPS) is 26.3. The summed E-state index contributed by atoms with van der Waals surface area (Å²) >= 11 is 6.12. The molecule has 110 valence electrons. The number of carbonyl (C=O) groups excluding carboxylic acids is 1. The van der Waals surface area contributed by atoms with Crippen molar-refractivity contribution in [3.63, 3.8) is 0 Å². The number of halogens is 2. The lowest BCUT2D eigenvalue weighted by Gasteiger charge is -2.39. The number of aryl methyl sites for hydroxylation is 1. The Bertz CT molecular complexity index is 505. The monoisotopic (exact) mass is 297 g/mol. The predicted molar refractivity (Wildman–Crippen MR) is 79.7 cm³/mol. The van der Waals surface area contributed by atoms with E-state index in [4.69, 9.17) is 11.6 Å². The van der Waals surface area contributed by atoms with E-state index in [9.17, 15) is 9.18 Å². The van der Waals surface area contributed by atoms with Gasteiger partial charge in [-0.05, 0) is 43.4 Å². The molecule has 1 aromatic rings. The first-order valence-electron chi connectivity index (χ1n) is 7.10. The third-order valence-corrected chi connectivity index (χ3v) is 4.68. The summed E-state index contributed by atoms with van der Waals surface area (Å²) in [6.45, 7) is 3.99. The molecule has 1 aliphatic rings. The van der Waals surface area contributed by atoms with Crippen LogP contribution in [0.25, 0.3) is 0 Å². The fraction of sp³-hybridized carbons (Fsp3) is 0.562. The highest BCUT2D eigenvalue weighted by Gasteiger charge is 2.36. The second kappa shape index (κ2) is 6.13. The van der Waals surface area contributed by atoms with Gasteiger partial charge < -0.3 is 5.32 Å². The molecule has 1 aliphatic carbocycles. The van der Waals surface area contributed by atoms with Gasteiger partial charge in [0.25, 0.3) is 5.91 Å². The minimum absolute atomic E-state index is 0.225. The van der Waals surface area contributed by atoms with Crippen LogP contribution in [0, 0.1) is 18.7 Å². The van der Waals surface area contributed by atoms with E-state index in [2.05, 4.69) is 12.2 Å². The van der Waals surface area contributed by atoms with Crippen LogP contribution < -0.4 is 5.32 Å². The van der Waals surface area contributed by atoms with Crippen molar-refractivity contribution in [1.82, 2.24) is 5.32 Å². The molecule has 2 nitrogen and oxygen atoms in total. The highest BCUT2D eigenvalue weighted by molar-refractivity contribution is 6.19. The van der Waals surface area contributed by atoms with Crippen LogP contribution in [0.3, 0.4) is 0 Å². The molecule has 0 radical (unpaired) electrons. The molecule has 0 saturated heterocycles. The second-order valence-corrected chi connectivity index (χ2v) is 6.30. The Kier molecular flexibility index (Phi) is 4.69.